The molecule has 1 N–H and O–H groups in total. The summed E-state index contributed by atoms with van der Waals surface area (Å²) in [6, 6.07) is 9.13. The lowest BCUT2D eigenvalue weighted by molar-refractivity contribution is -0.128. The topological polar surface area (TPSA) is 40.5 Å². The highest BCUT2D eigenvalue weighted by Gasteiger charge is 2.37. The predicted molar refractivity (Wildman–Crippen MR) is 60.2 cm³/mol. The Morgan fingerprint density at radius 3 is 2.75 bits per heavy atom. The zero-order valence-electron chi connectivity index (χ0n) is 8.84. The van der Waals surface area contributed by atoms with Gasteiger partial charge in [-0.15, -0.1) is 6.42 Å². The van der Waals surface area contributed by atoms with Gasteiger partial charge in [-0.25, -0.2) is 0 Å². The summed E-state index contributed by atoms with van der Waals surface area (Å²) in [4.78, 5) is 13.2. The molecule has 2 atom stereocenters. The summed E-state index contributed by atoms with van der Waals surface area (Å²) < 4.78 is 0. The molecule has 0 bridgehead atoms. The number of aliphatic hydroxyl groups is 1. The van der Waals surface area contributed by atoms with Crippen molar-refractivity contribution in [3.05, 3.63) is 35.9 Å². The van der Waals surface area contributed by atoms with Crippen molar-refractivity contribution in [3.8, 4) is 12.3 Å². The molecule has 3 nitrogen and oxygen atoms in total. The molecule has 0 aromatic heterocycles. The Hall–Kier alpha value is -1.79. The van der Waals surface area contributed by atoms with Gasteiger partial charge < -0.3 is 10.0 Å². The molecule has 1 amide bonds. The van der Waals surface area contributed by atoms with Crippen molar-refractivity contribution >= 4 is 5.91 Å². The van der Waals surface area contributed by atoms with E-state index in [0.717, 1.165) is 5.56 Å². The van der Waals surface area contributed by atoms with Gasteiger partial charge in [0.05, 0.1) is 12.5 Å². The predicted octanol–water partition coefficient (Wildman–Crippen LogP) is 0.782. The standard InChI is InChI=1S/C13H13NO2/c1-2-11-12(15)8-13(16)14(11)9-10-6-4-3-5-7-10/h1,3-7,11-12,15H,8-9H2/t11-,12-/m0/s1. The number of benzene rings is 1. The molecule has 0 saturated carbocycles. The number of nitrogens with zero attached hydrogens (tertiary/aromatic N) is 1. The largest absolute Gasteiger partial charge is 0.389 e. The second kappa shape index (κ2) is 4.38. The van der Waals surface area contributed by atoms with Gasteiger partial charge in [-0.1, -0.05) is 36.3 Å². The van der Waals surface area contributed by atoms with Gasteiger partial charge in [0, 0.05) is 6.54 Å². The number of aliphatic hydroxyl groups excluding tert-OH is 1. The van der Waals surface area contributed by atoms with Crippen molar-refractivity contribution in [1.82, 2.24) is 4.90 Å². The van der Waals surface area contributed by atoms with E-state index in [1.54, 1.807) is 4.90 Å². The fourth-order valence-electron chi connectivity index (χ4n) is 1.94. The molecule has 2 rings (SSSR count). The molecule has 82 valence electrons. The van der Waals surface area contributed by atoms with E-state index in [2.05, 4.69) is 5.92 Å². The lowest BCUT2D eigenvalue weighted by atomic mass is 10.1. The summed E-state index contributed by atoms with van der Waals surface area (Å²) >= 11 is 0. The second-order valence-electron chi connectivity index (χ2n) is 3.89. The molecule has 3 heteroatoms. The Morgan fingerprint density at radius 1 is 1.44 bits per heavy atom. The first-order valence-electron chi connectivity index (χ1n) is 5.20. The number of carbonyl (C=O) groups excluding carboxylic acids is 1. The van der Waals surface area contributed by atoms with Crippen molar-refractivity contribution in [2.45, 2.75) is 25.1 Å². The molecule has 0 spiro atoms. The lowest BCUT2D eigenvalue weighted by Gasteiger charge is -2.21. The Bertz CT molecular complexity index is 421. The minimum absolute atomic E-state index is 0.0840. The van der Waals surface area contributed by atoms with Crippen LogP contribution in [0.1, 0.15) is 12.0 Å². The number of hydrogen-bond donors (Lipinski definition) is 1. The van der Waals surface area contributed by atoms with E-state index in [4.69, 9.17) is 6.42 Å². The van der Waals surface area contributed by atoms with Crippen molar-refractivity contribution in [3.63, 3.8) is 0 Å². The molecular formula is C13H13NO2. The normalized spacial score (nSPS) is 24.5. The summed E-state index contributed by atoms with van der Waals surface area (Å²) in [7, 11) is 0. The maximum atomic E-state index is 11.6. The fraction of sp³-hybridized carbons (Fsp3) is 0.308. The Labute approximate surface area is 94.7 Å². The van der Waals surface area contributed by atoms with Gasteiger partial charge in [-0.05, 0) is 5.56 Å². The Balaban J connectivity index is 2.15. The number of rotatable bonds is 2. The maximum absolute atomic E-state index is 11.6. The van der Waals surface area contributed by atoms with Crippen LogP contribution in [0.25, 0.3) is 0 Å². The molecule has 0 radical (unpaired) electrons. The molecule has 1 aromatic carbocycles. The van der Waals surface area contributed by atoms with Gasteiger partial charge in [0.15, 0.2) is 0 Å². The number of likely N-dealkylation sites (tertiary alicyclic amines) is 1. The number of amides is 1. The maximum Gasteiger partial charge on any atom is 0.226 e. The Kier molecular flexibility index (Phi) is 2.93. The van der Waals surface area contributed by atoms with Crippen LogP contribution in [0.5, 0.6) is 0 Å². The smallest absolute Gasteiger partial charge is 0.226 e. The summed E-state index contributed by atoms with van der Waals surface area (Å²) in [6.45, 7) is 0.464. The third kappa shape index (κ3) is 1.93. The molecule has 0 unspecified atom stereocenters. The zero-order chi connectivity index (χ0) is 11.5. The average Bonchev–Trinajstić information content (AvgIpc) is 2.55. The van der Waals surface area contributed by atoms with Crippen molar-refractivity contribution in [2.75, 3.05) is 0 Å². The first-order valence-corrected chi connectivity index (χ1v) is 5.20. The monoisotopic (exact) mass is 215 g/mol. The van der Waals surface area contributed by atoms with Crippen molar-refractivity contribution in [1.29, 1.82) is 0 Å². The minimum Gasteiger partial charge on any atom is -0.389 e. The van der Waals surface area contributed by atoms with Crippen LogP contribution >= 0.6 is 0 Å². The zero-order valence-corrected chi connectivity index (χ0v) is 8.84. The summed E-state index contributed by atoms with van der Waals surface area (Å²) in [6.07, 6.45) is 4.72. The average molecular weight is 215 g/mol. The van der Waals surface area contributed by atoms with E-state index in [-0.39, 0.29) is 12.3 Å². The van der Waals surface area contributed by atoms with Crippen LogP contribution in [-0.2, 0) is 11.3 Å². The minimum atomic E-state index is -0.735. The molecule has 1 fully saturated rings. The van der Waals surface area contributed by atoms with Gasteiger partial charge >= 0.3 is 0 Å². The first kappa shape index (κ1) is 10.7. The molecule has 16 heavy (non-hydrogen) atoms. The van der Waals surface area contributed by atoms with Gasteiger partial charge in [-0.3, -0.25) is 4.79 Å². The van der Waals surface area contributed by atoms with E-state index >= 15 is 0 Å². The van der Waals surface area contributed by atoms with Crippen LogP contribution in [-0.4, -0.2) is 28.1 Å². The molecule has 1 saturated heterocycles. The van der Waals surface area contributed by atoms with E-state index < -0.39 is 12.1 Å². The SMILES string of the molecule is C#C[C@H]1[C@@H](O)CC(=O)N1Cc1ccccc1. The van der Waals surface area contributed by atoms with E-state index in [1.165, 1.54) is 0 Å². The number of hydrogen-bond acceptors (Lipinski definition) is 2. The van der Waals surface area contributed by atoms with Gasteiger partial charge in [-0.2, -0.15) is 0 Å². The number of carbonyl (C=O) groups is 1. The highest BCUT2D eigenvalue weighted by atomic mass is 16.3. The third-order valence-electron chi connectivity index (χ3n) is 2.77. The van der Waals surface area contributed by atoms with Crippen LogP contribution in [0.4, 0.5) is 0 Å². The van der Waals surface area contributed by atoms with Gasteiger partial charge in [0.1, 0.15) is 6.04 Å². The van der Waals surface area contributed by atoms with E-state index in [0.29, 0.717) is 6.54 Å². The first-order chi connectivity index (χ1) is 7.72. The Morgan fingerprint density at radius 2 is 2.12 bits per heavy atom. The second-order valence-corrected chi connectivity index (χ2v) is 3.89. The van der Waals surface area contributed by atoms with Crippen LogP contribution in [0.2, 0.25) is 0 Å². The van der Waals surface area contributed by atoms with Gasteiger partial charge in [0.2, 0.25) is 5.91 Å². The molecule has 1 heterocycles. The third-order valence-corrected chi connectivity index (χ3v) is 2.77. The highest BCUT2D eigenvalue weighted by Crippen LogP contribution is 2.21. The molecule has 0 aliphatic carbocycles. The molecule has 1 aromatic rings. The van der Waals surface area contributed by atoms with Gasteiger partial charge in [0.25, 0.3) is 0 Å². The van der Waals surface area contributed by atoms with Crippen LogP contribution in [0.3, 0.4) is 0 Å². The van der Waals surface area contributed by atoms with Crippen molar-refractivity contribution < 1.29 is 9.90 Å². The highest BCUT2D eigenvalue weighted by molar-refractivity contribution is 5.80. The van der Waals surface area contributed by atoms with Crippen LogP contribution < -0.4 is 0 Å². The summed E-state index contributed by atoms with van der Waals surface area (Å²) in [5, 5.41) is 9.60. The summed E-state index contributed by atoms with van der Waals surface area (Å²) in [5.41, 5.74) is 1.02. The molecular weight excluding hydrogens is 202 g/mol. The van der Waals surface area contributed by atoms with Crippen LogP contribution in [0.15, 0.2) is 30.3 Å². The molecule has 1 aliphatic rings. The molecule has 1 aliphatic heterocycles. The quantitative estimate of drug-likeness (QED) is 0.741. The van der Waals surface area contributed by atoms with Crippen molar-refractivity contribution in [2.24, 2.45) is 0 Å². The fourth-order valence-corrected chi connectivity index (χ4v) is 1.94. The van der Waals surface area contributed by atoms with E-state index in [9.17, 15) is 9.90 Å². The summed E-state index contributed by atoms with van der Waals surface area (Å²) in [5.74, 6) is 2.39. The number of terminal acetylenes is 1. The van der Waals surface area contributed by atoms with E-state index in [1.807, 2.05) is 30.3 Å². The van der Waals surface area contributed by atoms with Crippen LogP contribution in [0, 0.1) is 12.3 Å². The lowest BCUT2D eigenvalue weighted by Crippen LogP contribution is -2.35.